The van der Waals surface area contributed by atoms with E-state index in [9.17, 15) is 22.7 Å². The van der Waals surface area contributed by atoms with Crippen LogP contribution in [-0.2, 0) is 12.6 Å². The molecule has 2 aromatic carbocycles. The molecule has 0 aliphatic rings. The van der Waals surface area contributed by atoms with Crippen LogP contribution >= 0.6 is 11.6 Å². The Hall–Kier alpha value is -1.59. The molecule has 0 saturated carbocycles. The van der Waals surface area contributed by atoms with Crippen LogP contribution in [0.15, 0.2) is 42.5 Å². The van der Waals surface area contributed by atoms with Gasteiger partial charge in [0.15, 0.2) is 0 Å². The van der Waals surface area contributed by atoms with Gasteiger partial charge in [0.2, 0.25) is 0 Å². The minimum Gasteiger partial charge on any atom is -0.388 e. The molecule has 0 aliphatic carbocycles. The van der Waals surface area contributed by atoms with Gasteiger partial charge in [-0.05, 0) is 35.4 Å². The van der Waals surface area contributed by atoms with Gasteiger partial charge in [-0.25, -0.2) is 4.39 Å². The second-order valence-electron chi connectivity index (χ2n) is 4.59. The van der Waals surface area contributed by atoms with Gasteiger partial charge in [-0.2, -0.15) is 13.2 Å². The number of rotatable bonds is 3. The third kappa shape index (κ3) is 3.95. The Morgan fingerprint density at radius 3 is 2.43 bits per heavy atom. The van der Waals surface area contributed by atoms with Gasteiger partial charge in [0.1, 0.15) is 5.82 Å². The Morgan fingerprint density at radius 1 is 1.10 bits per heavy atom. The molecule has 0 bridgehead atoms. The van der Waals surface area contributed by atoms with Crippen LogP contribution in [-0.4, -0.2) is 5.11 Å². The molecule has 0 aliphatic heterocycles. The first-order chi connectivity index (χ1) is 9.77. The second kappa shape index (κ2) is 6.03. The van der Waals surface area contributed by atoms with Crippen molar-refractivity contribution in [1.82, 2.24) is 0 Å². The zero-order valence-electron chi connectivity index (χ0n) is 10.7. The molecule has 2 aromatic rings. The second-order valence-corrected chi connectivity index (χ2v) is 5.02. The van der Waals surface area contributed by atoms with Crippen molar-refractivity contribution < 1.29 is 22.7 Å². The third-order valence-electron chi connectivity index (χ3n) is 3.00. The van der Waals surface area contributed by atoms with E-state index in [1.807, 2.05) is 0 Å². The van der Waals surface area contributed by atoms with Gasteiger partial charge in [0.05, 0.1) is 11.7 Å². The summed E-state index contributed by atoms with van der Waals surface area (Å²) in [4.78, 5) is 0. The van der Waals surface area contributed by atoms with E-state index in [2.05, 4.69) is 0 Å². The fourth-order valence-electron chi connectivity index (χ4n) is 1.97. The van der Waals surface area contributed by atoms with Crippen LogP contribution in [0.4, 0.5) is 17.6 Å². The zero-order chi connectivity index (χ0) is 15.6. The Labute approximate surface area is 123 Å². The fourth-order valence-corrected chi connectivity index (χ4v) is 2.19. The summed E-state index contributed by atoms with van der Waals surface area (Å²) in [5.74, 6) is -1.36. The molecule has 0 fully saturated rings. The van der Waals surface area contributed by atoms with E-state index in [0.717, 1.165) is 6.07 Å². The van der Waals surface area contributed by atoms with Crippen molar-refractivity contribution in [3.63, 3.8) is 0 Å². The maximum absolute atomic E-state index is 13.2. The van der Waals surface area contributed by atoms with Gasteiger partial charge < -0.3 is 5.11 Å². The monoisotopic (exact) mass is 318 g/mol. The van der Waals surface area contributed by atoms with Crippen molar-refractivity contribution in [1.29, 1.82) is 0 Å². The standard InChI is InChI=1S/C15H11ClF4O/c16-11-3-1-2-9(6-11)7-14(21)10-4-5-13(17)12(8-10)15(18,19)20/h1-6,8,14,21H,7H2. The lowest BCUT2D eigenvalue weighted by Gasteiger charge is -2.14. The highest BCUT2D eigenvalue weighted by atomic mass is 35.5. The molecule has 2 rings (SSSR count). The van der Waals surface area contributed by atoms with Crippen molar-refractivity contribution in [2.75, 3.05) is 0 Å². The summed E-state index contributed by atoms with van der Waals surface area (Å²) in [6.45, 7) is 0. The maximum atomic E-state index is 13.2. The molecule has 0 aromatic heterocycles. The van der Waals surface area contributed by atoms with E-state index in [0.29, 0.717) is 22.7 Å². The molecule has 1 unspecified atom stereocenters. The third-order valence-corrected chi connectivity index (χ3v) is 3.23. The first kappa shape index (κ1) is 15.8. The summed E-state index contributed by atoms with van der Waals surface area (Å²) >= 11 is 5.80. The van der Waals surface area contributed by atoms with Crippen molar-refractivity contribution >= 4 is 11.6 Å². The number of benzene rings is 2. The minimum atomic E-state index is -4.80. The fraction of sp³-hybridized carbons (Fsp3) is 0.200. The lowest BCUT2D eigenvalue weighted by Crippen LogP contribution is -2.10. The Balaban J connectivity index is 2.25. The Bertz CT molecular complexity index is 640. The number of hydrogen-bond donors (Lipinski definition) is 1. The number of halogens is 5. The van der Waals surface area contributed by atoms with Crippen LogP contribution in [0.2, 0.25) is 5.02 Å². The van der Waals surface area contributed by atoms with Crippen molar-refractivity contribution in [2.24, 2.45) is 0 Å². The topological polar surface area (TPSA) is 20.2 Å². The summed E-state index contributed by atoms with van der Waals surface area (Å²) in [7, 11) is 0. The van der Waals surface area contributed by atoms with Crippen LogP contribution in [0.1, 0.15) is 22.8 Å². The lowest BCUT2D eigenvalue weighted by molar-refractivity contribution is -0.140. The van der Waals surface area contributed by atoms with Crippen molar-refractivity contribution in [2.45, 2.75) is 18.7 Å². The quantitative estimate of drug-likeness (QED) is 0.808. The van der Waals surface area contributed by atoms with Gasteiger partial charge in [0.25, 0.3) is 0 Å². The highest BCUT2D eigenvalue weighted by molar-refractivity contribution is 6.30. The van der Waals surface area contributed by atoms with Gasteiger partial charge in [-0.3, -0.25) is 0 Å². The normalized spacial score (nSPS) is 13.2. The molecule has 0 heterocycles. The van der Waals surface area contributed by atoms with Crippen LogP contribution in [0.3, 0.4) is 0 Å². The summed E-state index contributed by atoms with van der Waals surface area (Å²) in [6, 6.07) is 9.11. The molecule has 0 amide bonds. The predicted molar refractivity (Wildman–Crippen MR) is 71.5 cm³/mol. The molecule has 0 radical (unpaired) electrons. The molecular weight excluding hydrogens is 308 g/mol. The number of alkyl halides is 3. The smallest absolute Gasteiger partial charge is 0.388 e. The maximum Gasteiger partial charge on any atom is 0.419 e. The molecule has 0 saturated heterocycles. The SMILES string of the molecule is OC(Cc1cccc(Cl)c1)c1ccc(F)c(C(F)(F)F)c1. The van der Waals surface area contributed by atoms with E-state index < -0.39 is 23.7 Å². The minimum absolute atomic E-state index is 0.00343. The van der Waals surface area contributed by atoms with Crippen LogP contribution in [0, 0.1) is 5.82 Å². The van der Waals surface area contributed by atoms with E-state index in [1.165, 1.54) is 0 Å². The molecule has 21 heavy (non-hydrogen) atoms. The molecular formula is C15H11ClF4O. The average Bonchev–Trinajstić information content (AvgIpc) is 2.37. The Kier molecular flexibility index (Phi) is 4.54. The largest absolute Gasteiger partial charge is 0.419 e. The summed E-state index contributed by atoms with van der Waals surface area (Å²) < 4.78 is 51.1. The van der Waals surface area contributed by atoms with E-state index >= 15 is 0 Å². The first-order valence-electron chi connectivity index (χ1n) is 6.06. The van der Waals surface area contributed by atoms with Crippen LogP contribution in [0.5, 0.6) is 0 Å². The lowest BCUT2D eigenvalue weighted by atomic mass is 9.99. The number of hydrogen-bond acceptors (Lipinski definition) is 1. The van der Waals surface area contributed by atoms with Crippen molar-refractivity contribution in [3.05, 3.63) is 70.0 Å². The highest BCUT2D eigenvalue weighted by Gasteiger charge is 2.34. The van der Waals surface area contributed by atoms with Crippen LogP contribution < -0.4 is 0 Å². The van der Waals surface area contributed by atoms with E-state index in [4.69, 9.17) is 11.6 Å². The van der Waals surface area contributed by atoms with Crippen LogP contribution in [0.25, 0.3) is 0 Å². The molecule has 6 heteroatoms. The molecule has 1 nitrogen and oxygen atoms in total. The molecule has 1 atom stereocenters. The van der Waals surface area contributed by atoms with Gasteiger partial charge in [-0.1, -0.05) is 29.8 Å². The Morgan fingerprint density at radius 2 is 1.81 bits per heavy atom. The van der Waals surface area contributed by atoms with E-state index in [-0.39, 0.29) is 12.0 Å². The average molecular weight is 319 g/mol. The first-order valence-corrected chi connectivity index (χ1v) is 6.44. The predicted octanol–water partition coefficient (Wildman–Crippen LogP) is 4.77. The van der Waals surface area contributed by atoms with Crippen molar-refractivity contribution in [3.8, 4) is 0 Å². The van der Waals surface area contributed by atoms with Gasteiger partial charge in [-0.15, -0.1) is 0 Å². The van der Waals surface area contributed by atoms with Gasteiger partial charge >= 0.3 is 6.18 Å². The molecule has 112 valence electrons. The molecule has 0 spiro atoms. The number of aliphatic hydroxyl groups excluding tert-OH is 1. The summed E-state index contributed by atoms with van der Waals surface area (Å²) in [5, 5.41) is 10.5. The molecule has 1 N–H and O–H groups in total. The zero-order valence-corrected chi connectivity index (χ0v) is 11.4. The number of aliphatic hydroxyl groups is 1. The highest BCUT2D eigenvalue weighted by Crippen LogP contribution is 2.33. The van der Waals surface area contributed by atoms with E-state index in [1.54, 1.807) is 24.3 Å². The summed E-state index contributed by atoms with van der Waals surface area (Å²) in [5.41, 5.74) is -0.707. The summed E-state index contributed by atoms with van der Waals surface area (Å²) in [6.07, 6.45) is -5.88. The van der Waals surface area contributed by atoms with Gasteiger partial charge in [0, 0.05) is 11.4 Å².